The van der Waals surface area contributed by atoms with Crippen LogP contribution in [0, 0.1) is 6.92 Å². The molecule has 0 atom stereocenters. The van der Waals surface area contributed by atoms with Crippen LogP contribution in [0.3, 0.4) is 0 Å². The van der Waals surface area contributed by atoms with Gasteiger partial charge in [-0.1, -0.05) is 37.3 Å². The third kappa shape index (κ3) is 3.68. The molecule has 0 fully saturated rings. The van der Waals surface area contributed by atoms with E-state index in [2.05, 4.69) is 0 Å². The second-order valence-corrected chi connectivity index (χ2v) is 4.58. The normalized spacial score (nSPS) is 10.2. The summed E-state index contributed by atoms with van der Waals surface area (Å²) >= 11 is 0. The number of benzene rings is 2. The number of carbonyl (C=O) groups is 1. The van der Waals surface area contributed by atoms with Crippen LogP contribution in [0.5, 0.6) is 11.5 Å². The summed E-state index contributed by atoms with van der Waals surface area (Å²) in [4.78, 5) is 11.4. The average molecular weight is 254 g/mol. The molecular weight excluding hydrogens is 236 g/mol. The number of hydrogen-bond acceptors (Lipinski definition) is 2. The summed E-state index contributed by atoms with van der Waals surface area (Å²) in [6.45, 7) is 3.89. The minimum atomic E-state index is 0.260. The molecule has 0 bridgehead atoms. The fourth-order valence-corrected chi connectivity index (χ4v) is 1.90. The number of ketones is 1. The molecule has 0 amide bonds. The van der Waals surface area contributed by atoms with E-state index in [9.17, 15) is 4.79 Å². The zero-order chi connectivity index (χ0) is 13.7. The number of para-hydroxylation sites is 1. The zero-order valence-electron chi connectivity index (χ0n) is 11.3. The van der Waals surface area contributed by atoms with Crippen LogP contribution in [0.4, 0.5) is 0 Å². The largest absolute Gasteiger partial charge is 0.457 e. The molecule has 0 heterocycles. The second kappa shape index (κ2) is 6.19. The van der Waals surface area contributed by atoms with Gasteiger partial charge in [-0.25, -0.2) is 0 Å². The van der Waals surface area contributed by atoms with Gasteiger partial charge in [0.15, 0.2) is 0 Å². The van der Waals surface area contributed by atoms with Gasteiger partial charge in [0.25, 0.3) is 0 Å². The maximum atomic E-state index is 11.4. The summed E-state index contributed by atoms with van der Waals surface area (Å²) in [6.07, 6.45) is 1.09. The van der Waals surface area contributed by atoms with Crippen LogP contribution in [0.25, 0.3) is 0 Å². The first kappa shape index (κ1) is 13.3. The van der Waals surface area contributed by atoms with Gasteiger partial charge in [-0.15, -0.1) is 0 Å². The number of Topliss-reactive ketones (excluding diaryl/α,β-unsaturated/α-hetero) is 1. The Morgan fingerprint density at radius 1 is 1.11 bits per heavy atom. The molecule has 2 nitrogen and oxygen atoms in total. The fourth-order valence-electron chi connectivity index (χ4n) is 1.90. The first-order chi connectivity index (χ1) is 9.19. The van der Waals surface area contributed by atoms with Crippen molar-refractivity contribution in [1.82, 2.24) is 0 Å². The van der Waals surface area contributed by atoms with Crippen LogP contribution >= 0.6 is 0 Å². The molecule has 0 radical (unpaired) electrons. The Hall–Kier alpha value is -2.09. The summed E-state index contributed by atoms with van der Waals surface area (Å²) in [5.41, 5.74) is 2.09. The van der Waals surface area contributed by atoms with Crippen molar-refractivity contribution in [3.63, 3.8) is 0 Å². The van der Waals surface area contributed by atoms with Gasteiger partial charge in [-0.05, 0) is 36.2 Å². The van der Waals surface area contributed by atoms with Crippen molar-refractivity contribution < 1.29 is 9.53 Å². The molecule has 0 aliphatic rings. The summed E-state index contributed by atoms with van der Waals surface area (Å²) in [7, 11) is 0. The Bertz CT molecular complexity index is 559. The summed E-state index contributed by atoms with van der Waals surface area (Å²) < 4.78 is 5.81. The fraction of sp³-hybridized carbons (Fsp3) is 0.235. The zero-order valence-corrected chi connectivity index (χ0v) is 11.3. The number of hydrogen-bond donors (Lipinski definition) is 0. The maximum Gasteiger partial charge on any atom is 0.136 e. The quantitative estimate of drug-likeness (QED) is 0.794. The van der Waals surface area contributed by atoms with Crippen molar-refractivity contribution in [3.8, 4) is 11.5 Å². The van der Waals surface area contributed by atoms with Crippen molar-refractivity contribution in [3.05, 3.63) is 59.7 Å². The predicted molar refractivity (Wildman–Crippen MR) is 76.7 cm³/mol. The Kier molecular flexibility index (Phi) is 4.35. The lowest BCUT2D eigenvalue weighted by Gasteiger charge is -2.10. The van der Waals surface area contributed by atoms with Crippen molar-refractivity contribution in [1.29, 1.82) is 0 Å². The molecule has 2 aromatic rings. The highest BCUT2D eigenvalue weighted by Crippen LogP contribution is 2.25. The minimum absolute atomic E-state index is 0.260. The smallest absolute Gasteiger partial charge is 0.136 e. The Labute approximate surface area is 114 Å². The van der Waals surface area contributed by atoms with E-state index in [-0.39, 0.29) is 5.78 Å². The van der Waals surface area contributed by atoms with Gasteiger partial charge in [0.1, 0.15) is 17.3 Å². The van der Waals surface area contributed by atoms with Gasteiger partial charge in [-0.2, -0.15) is 0 Å². The number of carbonyl (C=O) groups excluding carboxylic acids is 1. The molecule has 2 heteroatoms. The molecular formula is C17H18O2. The molecule has 2 rings (SSSR count). The van der Waals surface area contributed by atoms with Gasteiger partial charge >= 0.3 is 0 Å². The highest BCUT2D eigenvalue weighted by atomic mass is 16.5. The van der Waals surface area contributed by atoms with Crippen molar-refractivity contribution in [2.24, 2.45) is 0 Å². The monoisotopic (exact) mass is 254 g/mol. The third-order valence-corrected chi connectivity index (χ3v) is 3.01. The Balaban J connectivity index is 2.13. The van der Waals surface area contributed by atoms with E-state index in [1.165, 1.54) is 0 Å². The lowest BCUT2D eigenvalue weighted by Crippen LogP contribution is -2.00. The van der Waals surface area contributed by atoms with E-state index in [0.717, 1.165) is 22.6 Å². The van der Waals surface area contributed by atoms with Crippen LogP contribution in [0.1, 0.15) is 24.5 Å². The molecule has 0 aliphatic carbocycles. The predicted octanol–water partition coefficient (Wildman–Crippen LogP) is 4.31. The highest BCUT2D eigenvalue weighted by Gasteiger charge is 2.05. The van der Waals surface area contributed by atoms with E-state index in [1.807, 2.05) is 62.4 Å². The summed E-state index contributed by atoms with van der Waals surface area (Å²) in [6, 6.07) is 15.6. The van der Waals surface area contributed by atoms with Crippen LogP contribution in [-0.2, 0) is 11.2 Å². The molecule has 0 unspecified atom stereocenters. The van der Waals surface area contributed by atoms with Crippen molar-refractivity contribution >= 4 is 5.78 Å². The SMILES string of the molecule is CCC(=O)Cc1ccc(Oc2ccccc2)c(C)c1. The van der Waals surface area contributed by atoms with Gasteiger partial charge in [0.2, 0.25) is 0 Å². The van der Waals surface area contributed by atoms with E-state index in [4.69, 9.17) is 4.74 Å². The molecule has 19 heavy (non-hydrogen) atoms. The van der Waals surface area contributed by atoms with Crippen molar-refractivity contribution in [2.75, 3.05) is 0 Å². The van der Waals surface area contributed by atoms with E-state index < -0.39 is 0 Å². The van der Waals surface area contributed by atoms with Crippen molar-refractivity contribution in [2.45, 2.75) is 26.7 Å². The molecule has 0 aromatic heterocycles. The van der Waals surface area contributed by atoms with Gasteiger partial charge in [-0.3, -0.25) is 4.79 Å². The topological polar surface area (TPSA) is 26.3 Å². The van der Waals surface area contributed by atoms with Gasteiger partial charge in [0.05, 0.1) is 0 Å². The number of rotatable bonds is 5. The molecule has 0 saturated carbocycles. The van der Waals surface area contributed by atoms with Crippen LogP contribution in [0.2, 0.25) is 0 Å². The molecule has 0 saturated heterocycles. The Morgan fingerprint density at radius 3 is 2.47 bits per heavy atom. The third-order valence-electron chi connectivity index (χ3n) is 3.01. The lowest BCUT2D eigenvalue weighted by molar-refractivity contribution is -0.118. The second-order valence-electron chi connectivity index (χ2n) is 4.58. The van der Waals surface area contributed by atoms with E-state index in [0.29, 0.717) is 12.8 Å². The highest BCUT2D eigenvalue weighted by molar-refractivity contribution is 5.80. The number of ether oxygens (including phenoxy) is 1. The summed E-state index contributed by atoms with van der Waals surface area (Å²) in [5.74, 6) is 1.91. The molecule has 2 aromatic carbocycles. The molecule has 0 aliphatic heterocycles. The molecule has 98 valence electrons. The standard InChI is InChI=1S/C17H18O2/c1-3-15(18)12-14-9-10-17(13(2)11-14)19-16-7-5-4-6-8-16/h4-11H,3,12H2,1-2H3. The van der Waals surface area contributed by atoms with Gasteiger partial charge in [0, 0.05) is 12.8 Å². The molecule has 0 spiro atoms. The summed E-state index contributed by atoms with van der Waals surface area (Å²) in [5, 5.41) is 0. The lowest BCUT2D eigenvalue weighted by atomic mass is 10.0. The van der Waals surface area contributed by atoms with E-state index in [1.54, 1.807) is 0 Å². The molecule has 0 N–H and O–H groups in total. The average Bonchev–Trinajstić information content (AvgIpc) is 2.43. The number of aryl methyl sites for hydroxylation is 1. The first-order valence-corrected chi connectivity index (χ1v) is 6.53. The van der Waals surface area contributed by atoms with Crippen LogP contribution < -0.4 is 4.74 Å². The van der Waals surface area contributed by atoms with Crippen LogP contribution in [-0.4, -0.2) is 5.78 Å². The van der Waals surface area contributed by atoms with Crippen LogP contribution in [0.15, 0.2) is 48.5 Å². The minimum Gasteiger partial charge on any atom is -0.457 e. The van der Waals surface area contributed by atoms with E-state index >= 15 is 0 Å². The first-order valence-electron chi connectivity index (χ1n) is 6.53. The Morgan fingerprint density at radius 2 is 1.84 bits per heavy atom. The van der Waals surface area contributed by atoms with Gasteiger partial charge < -0.3 is 4.74 Å². The maximum absolute atomic E-state index is 11.4.